The molecule has 0 fully saturated rings. The van der Waals surface area contributed by atoms with Gasteiger partial charge in [0.15, 0.2) is 0 Å². The van der Waals surface area contributed by atoms with E-state index in [1.165, 1.54) is 17.8 Å². The molecular formula is C16H19FN2. The fraction of sp³-hybridized carbons (Fsp3) is 0.312. The SMILES string of the molecule is CCC(N)(c1ccc(F)cn1)c1ccc(C)cc1C. The Hall–Kier alpha value is -1.74. The van der Waals surface area contributed by atoms with Crippen molar-refractivity contribution in [3.05, 3.63) is 64.7 Å². The van der Waals surface area contributed by atoms with Crippen molar-refractivity contribution >= 4 is 0 Å². The highest BCUT2D eigenvalue weighted by Crippen LogP contribution is 2.31. The fourth-order valence-corrected chi connectivity index (χ4v) is 2.46. The van der Waals surface area contributed by atoms with Crippen LogP contribution >= 0.6 is 0 Å². The van der Waals surface area contributed by atoms with Crippen molar-refractivity contribution in [2.75, 3.05) is 0 Å². The van der Waals surface area contributed by atoms with Gasteiger partial charge in [0.1, 0.15) is 5.82 Å². The first-order chi connectivity index (χ1) is 8.97. The van der Waals surface area contributed by atoms with Crippen molar-refractivity contribution in [2.45, 2.75) is 32.7 Å². The summed E-state index contributed by atoms with van der Waals surface area (Å²) in [6.45, 7) is 6.12. The Morgan fingerprint density at radius 1 is 1.21 bits per heavy atom. The van der Waals surface area contributed by atoms with E-state index in [1.807, 2.05) is 26.0 Å². The fourth-order valence-electron chi connectivity index (χ4n) is 2.46. The van der Waals surface area contributed by atoms with Crippen molar-refractivity contribution < 1.29 is 4.39 Å². The molecule has 0 bridgehead atoms. The monoisotopic (exact) mass is 258 g/mol. The van der Waals surface area contributed by atoms with Crippen molar-refractivity contribution in [3.8, 4) is 0 Å². The third kappa shape index (κ3) is 2.51. The van der Waals surface area contributed by atoms with Gasteiger partial charge in [-0.05, 0) is 43.5 Å². The zero-order valence-electron chi connectivity index (χ0n) is 11.6. The first-order valence-electron chi connectivity index (χ1n) is 6.46. The van der Waals surface area contributed by atoms with Crippen molar-refractivity contribution in [1.82, 2.24) is 4.98 Å². The van der Waals surface area contributed by atoms with E-state index in [4.69, 9.17) is 5.73 Å². The summed E-state index contributed by atoms with van der Waals surface area (Å²) in [5.41, 5.74) is 9.96. The van der Waals surface area contributed by atoms with Crippen LogP contribution in [0.3, 0.4) is 0 Å². The number of aryl methyl sites for hydroxylation is 2. The second-order valence-corrected chi connectivity index (χ2v) is 5.00. The highest BCUT2D eigenvalue weighted by molar-refractivity contribution is 5.41. The van der Waals surface area contributed by atoms with Gasteiger partial charge in [-0.3, -0.25) is 4.98 Å². The molecule has 0 aliphatic rings. The van der Waals surface area contributed by atoms with Gasteiger partial charge in [0, 0.05) is 0 Å². The van der Waals surface area contributed by atoms with Crippen LogP contribution in [0.15, 0.2) is 36.5 Å². The number of rotatable bonds is 3. The number of hydrogen-bond acceptors (Lipinski definition) is 2. The maximum atomic E-state index is 13.0. The van der Waals surface area contributed by atoms with Crippen molar-refractivity contribution in [1.29, 1.82) is 0 Å². The normalized spacial score (nSPS) is 14.2. The Bertz CT molecular complexity index is 578. The van der Waals surface area contributed by atoms with E-state index in [2.05, 4.69) is 18.0 Å². The number of benzene rings is 1. The van der Waals surface area contributed by atoms with E-state index in [0.29, 0.717) is 12.1 Å². The Morgan fingerprint density at radius 2 is 1.95 bits per heavy atom. The Morgan fingerprint density at radius 3 is 2.47 bits per heavy atom. The number of nitrogens with zero attached hydrogens (tertiary/aromatic N) is 1. The standard InChI is InChI=1S/C16H19FN2/c1-4-16(18,15-8-6-13(17)10-19-15)14-7-5-11(2)9-12(14)3/h5-10H,4,18H2,1-3H3. The summed E-state index contributed by atoms with van der Waals surface area (Å²) < 4.78 is 13.0. The van der Waals surface area contributed by atoms with Gasteiger partial charge in [-0.2, -0.15) is 0 Å². The van der Waals surface area contributed by atoms with E-state index in [-0.39, 0.29) is 5.82 Å². The molecule has 0 aliphatic heterocycles. The molecule has 2 nitrogen and oxygen atoms in total. The topological polar surface area (TPSA) is 38.9 Å². The lowest BCUT2D eigenvalue weighted by molar-refractivity contribution is 0.496. The minimum absolute atomic E-state index is 0.345. The van der Waals surface area contributed by atoms with E-state index in [0.717, 1.165) is 11.1 Å². The summed E-state index contributed by atoms with van der Waals surface area (Å²) in [7, 11) is 0. The minimum Gasteiger partial charge on any atom is -0.316 e. The van der Waals surface area contributed by atoms with Gasteiger partial charge in [-0.15, -0.1) is 0 Å². The molecule has 2 aromatic rings. The molecule has 0 aliphatic carbocycles. The average molecular weight is 258 g/mol. The first-order valence-corrected chi connectivity index (χ1v) is 6.46. The minimum atomic E-state index is -0.675. The maximum absolute atomic E-state index is 13.0. The molecule has 0 radical (unpaired) electrons. The van der Waals surface area contributed by atoms with Crippen LogP contribution in [0.5, 0.6) is 0 Å². The molecule has 100 valence electrons. The number of halogens is 1. The zero-order chi connectivity index (χ0) is 14.0. The molecule has 1 aromatic carbocycles. The Balaban J connectivity index is 2.56. The quantitative estimate of drug-likeness (QED) is 0.915. The molecule has 2 rings (SSSR count). The lowest BCUT2D eigenvalue weighted by Crippen LogP contribution is -2.38. The summed E-state index contributed by atoms with van der Waals surface area (Å²) in [6, 6.07) is 9.26. The highest BCUT2D eigenvalue weighted by atomic mass is 19.1. The second kappa shape index (κ2) is 5.10. The van der Waals surface area contributed by atoms with E-state index in [1.54, 1.807) is 6.07 Å². The summed E-state index contributed by atoms with van der Waals surface area (Å²) >= 11 is 0. The number of hydrogen-bond donors (Lipinski definition) is 1. The molecule has 19 heavy (non-hydrogen) atoms. The van der Waals surface area contributed by atoms with Gasteiger partial charge in [-0.25, -0.2) is 4.39 Å². The van der Waals surface area contributed by atoms with Gasteiger partial charge in [-0.1, -0.05) is 30.7 Å². The third-order valence-electron chi connectivity index (χ3n) is 3.60. The summed E-state index contributed by atoms with van der Waals surface area (Å²) in [6.07, 6.45) is 1.92. The molecular weight excluding hydrogens is 239 g/mol. The largest absolute Gasteiger partial charge is 0.316 e. The number of nitrogens with two attached hydrogens (primary N) is 1. The van der Waals surface area contributed by atoms with Crippen LogP contribution in [0.4, 0.5) is 4.39 Å². The van der Waals surface area contributed by atoms with Crippen LogP contribution in [0, 0.1) is 19.7 Å². The van der Waals surface area contributed by atoms with Gasteiger partial charge in [0.05, 0.1) is 17.4 Å². The maximum Gasteiger partial charge on any atom is 0.141 e. The molecule has 0 saturated heterocycles. The molecule has 1 unspecified atom stereocenters. The van der Waals surface area contributed by atoms with Crippen LogP contribution in [-0.2, 0) is 5.54 Å². The van der Waals surface area contributed by atoms with Gasteiger partial charge >= 0.3 is 0 Å². The number of aromatic nitrogens is 1. The Labute approximate surface area is 113 Å². The summed E-state index contributed by atoms with van der Waals surface area (Å²) in [5, 5.41) is 0. The van der Waals surface area contributed by atoms with Gasteiger partial charge < -0.3 is 5.73 Å². The van der Waals surface area contributed by atoms with E-state index < -0.39 is 5.54 Å². The van der Waals surface area contributed by atoms with E-state index in [9.17, 15) is 4.39 Å². The molecule has 2 N–H and O–H groups in total. The highest BCUT2D eigenvalue weighted by Gasteiger charge is 2.30. The van der Waals surface area contributed by atoms with Crippen molar-refractivity contribution in [3.63, 3.8) is 0 Å². The van der Waals surface area contributed by atoms with Crippen LogP contribution in [0.1, 0.15) is 35.7 Å². The van der Waals surface area contributed by atoms with E-state index >= 15 is 0 Å². The zero-order valence-corrected chi connectivity index (χ0v) is 11.6. The molecule has 0 saturated carbocycles. The molecule has 1 atom stereocenters. The summed E-state index contributed by atoms with van der Waals surface area (Å²) in [5.74, 6) is -0.345. The first kappa shape index (κ1) is 13.7. The number of pyridine rings is 1. The molecule has 0 amide bonds. The van der Waals surface area contributed by atoms with Crippen LogP contribution in [0.25, 0.3) is 0 Å². The van der Waals surface area contributed by atoms with Crippen molar-refractivity contribution in [2.24, 2.45) is 5.73 Å². The molecule has 1 aromatic heterocycles. The molecule has 3 heteroatoms. The smallest absolute Gasteiger partial charge is 0.141 e. The molecule has 1 heterocycles. The lowest BCUT2D eigenvalue weighted by Gasteiger charge is -2.30. The Kier molecular flexibility index (Phi) is 3.67. The van der Waals surface area contributed by atoms with Crippen LogP contribution in [0.2, 0.25) is 0 Å². The lowest BCUT2D eigenvalue weighted by atomic mass is 9.82. The summed E-state index contributed by atoms with van der Waals surface area (Å²) in [4.78, 5) is 4.16. The van der Waals surface area contributed by atoms with Crippen LogP contribution < -0.4 is 5.73 Å². The molecule has 0 spiro atoms. The predicted molar refractivity (Wildman–Crippen MR) is 75.4 cm³/mol. The van der Waals surface area contributed by atoms with Gasteiger partial charge in [0.25, 0.3) is 0 Å². The second-order valence-electron chi connectivity index (χ2n) is 5.00. The average Bonchev–Trinajstić information content (AvgIpc) is 2.38. The van der Waals surface area contributed by atoms with Crippen LogP contribution in [-0.4, -0.2) is 4.98 Å². The van der Waals surface area contributed by atoms with Gasteiger partial charge in [0.2, 0.25) is 0 Å². The predicted octanol–water partition coefficient (Wildman–Crippen LogP) is 3.45. The third-order valence-corrected chi connectivity index (χ3v) is 3.60.